The van der Waals surface area contributed by atoms with E-state index in [2.05, 4.69) is 10.3 Å². The molecular formula is C18H13F2N3OS. The molecule has 3 aromatic rings. The van der Waals surface area contributed by atoms with Gasteiger partial charge >= 0.3 is 0 Å². The lowest BCUT2D eigenvalue weighted by atomic mass is 10.2. The van der Waals surface area contributed by atoms with Crippen LogP contribution in [0.15, 0.2) is 54.0 Å². The van der Waals surface area contributed by atoms with Crippen molar-refractivity contribution in [1.29, 1.82) is 0 Å². The first-order chi connectivity index (χ1) is 12.1. The van der Waals surface area contributed by atoms with Crippen LogP contribution >= 0.6 is 11.3 Å². The molecule has 7 heteroatoms. The highest BCUT2D eigenvalue weighted by molar-refractivity contribution is 7.09. The number of benzene rings is 1. The Morgan fingerprint density at radius 2 is 2.04 bits per heavy atom. The summed E-state index contributed by atoms with van der Waals surface area (Å²) in [7, 11) is 0. The molecule has 1 unspecified atom stereocenters. The van der Waals surface area contributed by atoms with Crippen LogP contribution in [0.3, 0.4) is 0 Å². The molecule has 4 rings (SSSR count). The number of hydrogen-bond acceptors (Lipinski definition) is 4. The molecule has 1 aliphatic heterocycles. The molecule has 3 heterocycles. The lowest BCUT2D eigenvalue weighted by molar-refractivity contribution is 0.0729. The topological polar surface area (TPSA) is 45.2 Å². The van der Waals surface area contributed by atoms with E-state index in [1.165, 1.54) is 6.07 Å². The van der Waals surface area contributed by atoms with Gasteiger partial charge in [-0.15, -0.1) is 11.3 Å². The summed E-state index contributed by atoms with van der Waals surface area (Å²) in [4.78, 5) is 19.7. The number of carbonyl (C=O) groups is 1. The van der Waals surface area contributed by atoms with Gasteiger partial charge in [-0.05, 0) is 35.7 Å². The monoisotopic (exact) mass is 357 g/mol. The van der Waals surface area contributed by atoms with Crippen molar-refractivity contribution in [1.82, 2.24) is 9.88 Å². The Morgan fingerprint density at radius 1 is 1.16 bits per heavy atom. The number of rotatable bonds is 4. The van der Waals surface area contributed by atoms with E-state index in [0.717, 1.165) is 17.0 Å². The van der Waals surface area contributed by atoms with E-state index >= 15 is 0 Å². The number of halogens is 2. The van der Waals surface area contributed by atoms with Gasteiger partial charge in [0.1, 0.15) is 6.17 Å². The number of hydrogen-bond donors (Lipinski definition) is 1. The van der Waals surface area contributed by atoms with Gasteiger partial charge in [0.05, 0.1) is 17.8 Å². The molecule has 0 aliphatic carbocycles. The number of thiophene rings is 1. The highest BCUT2D eigenvalue weighted by Crippen LogP contribution is 2.34. The molecule has 0 saturated heterocycles. The van der Waals surface area contributed by atoms with Crippen LogP contribution in [0.25, 0.3) is 0 Å². The molecule has 1 amide bonds. The third-order valence-corrected chi connectivity index (χ3v) is 4.89. The van der Waals surface area contributed by atoms with E-state index in [1.807, 2.05) is 17.5 Å². The summed E-state index contributed by atoms with van der Waals surface area (Å²) in [5.41, 5.74) is 1.47. The number of aromatic nitrogens is 1. The molecule has 1 N–H and O–H groups in total. The van der Waals surface area contributed by atoms with Crippen molar-refractivity contribution in [2.75, 3.05) is 5.32 Å². The average Bonchev–Trinajstić information content (AvgIpc) is 3.21. The molecule has 4 nitrogen and oxygen atoms in total. The number of carbonyl (C=O) groups excluding carboxylic acids is 1. The van der Waals surface area contributed by atoms with Gasteiger partial charge in [-0.3, -0.25) is 9.78 Å². The predicted octanol–water partition coefficient (Wildman–Crippen LogP) is 4.19. The van der Waals surface area contributed by atoms with Gasteiger partial charge in [0, 0.05) is 22.8 Å². The van der Waals surface area contributed by atoms with E-state index in [4.69, 9.17) is 0 Å². The Labute approximate surface area is 146 Å². The van der Waals surface area contributed by atoms with Gasteiger partial charge in [-0.25, -0.2) is 8.78 Å². The molecule has 2 aromatic heterocycles. The van der Waals surface area contributed by atoms with Crippen molar-refractivity contribution < 1.29 is 13.6 Å². The highest BCUT2D eigenvalue weighted by Gasteiger charge is 2.38. The first-order valence-electron chi connectivity index (χ1n) is 7.63. The fraction of sp³-hybridized carbons (Fsp3) is 0.111. The van der Waals surface area contributed by atoms with Gasteiger partial charge in [-0.1, -0.05) is 6.07 Å². The maximum absolute atomic E-state index is 13.5. The van der Waals surface area contributed by atoms with Crippen LogP contribution < -0.4 is 5.32 Å². The van der Waals surface area contributed by atoms with Crippen LogP contribution in [0.1, 0.15) is 27.1 Å². The van der Waals surface area contributed by atoms with Crippen molar-refractivity contribution in [3.05, 3.63) is 81.8 Å². The largest absolute Gasteiger partial charge is 0.360 e. The minimum absolute atomic E-state index is 0.142. The molecule has 25 heavy (non-hydrogen) atoms. The lowest BCUT2D eigenvalue weighted by Crippen LogP contribution is -2.31. The SMILES string of the molecule is O=C1c2cccnc2C(Nc2ccc(F)c(F)c2)N1Cc1cccs1. The normalized spacial score (nSPS) is 16.2. The first kappa shape index (κ1) is 15.7. The zero-order chi connectivity index (χ0) is 17.4. The maximum atomic E-state index is 13.5. The number of pyridine rings is 1. The van der Waals surface area contributed by atoms with Gasteiger partial charge < -0.3 is 10.2 Å². The standard InChI is InChI=1S/C18H13F2N3OS/c19-14-6-5-11(9-15(14)20)22-17-16-13(4-1-7-21-16)18(24)23(17)10-12-3-2-8-25-12/h1-9,17,22H,10H2. The molecule has 1 aliphatic rings. The number of nitrogens with zero attached hydrogens (tertiary/aromatic N) is 2. The lowest BCUT2D eigenvalue weighted by Gasteiger charge is -2.26. The summed E-state index contributed by atoms with van der Waals surface area (Å²) in [5, 5.41) is 5.04. The molecular weight excluding hydrogens is 344 g/mol. The van der Waals surface area contributed by atoms with E-state index in [9.17, 15) is 13.6 Å². The maximum Gasteiger partial charge on any atom is 0.258 e. The van der Waals surface area contributed by atoms with Gasteiger partial charge in [0.25, 0.3) is 5.91 Å². The molecule has 1 atom stereocenters. The summed E-state index contributed by atoms with van der Waals surface area (Å²) in [6, 6.07) is 10.9. The van der Waals surface area contributed by atoms with Crippen molar-refractivity contribution in [3.8, 4) is 0 Å². The summed E-state index contributed by atoms with van der Waals surface area (Å²) in [5.74, 6) is -2.00. The van der Waals surface area contributed by atoms with E-state index < -0.39 is 17.8 Å². The zero-order valence-corrected chi connectivity index (χ0v) is 13.8. The molecule has 1 aromatic carbocycles. The van der Waals surface area contributed by atoms with Crippen LogP contribution in [0.5, 0.6) is 0 Å². The fourth-order valence-corrected chi connectivity index (χ4v) is 3.56. The zero-order valence-electron chi connectivity index (χ0n) is 12.9. The second-order valence-corrected chi connectivity index (χ2v) is 6.66. The number of amides is 1. The number of nitrogens with one attached hydrogen (secondary N) is 1. The molecule has 0 radical (unpaired) electrons. The van der Waals surface area contributed by atoms with Crippen molar-refractivity contribution in [2.24, 2.45) is 0 Å². The van der Waals surface area contributed by atoms with Crippen LogP contribution in [0.2, 0.25) is 0 Å². The Bertz CT molecular complexity index is 930. The molecule has 0 bridgehead atoms. The first-order valence-corrected chi connectivity index (χ1v) is 8.51. The minimum Gasteiger partial charge on any atom is -0.360 e. The van der Waals surface area contributed by atoms with Gasteiger partial charge in [0.2, 0.25) is 0 Å². The van der Waals surface area contributed by atoms with E-state index in [1.54, 1.807) is 34.6 Å². The molecule has 0 fully saturated rings. The summed E-state index contributed by atoms with van der Waals surface area (Å²) in [6.45, 7) is 0.411. The Hall–Kier alpha value is -2.80. The van der Waals surface area contributed by atoms with Crippen LogP contribution in [-0.2, 0) is 6.54 Å². The quantitative estimate of drug-likeness (QED) is 0.762. The Morgan fingerprint density at radius 3 is 2.80 bits per heavy atom. The Balaban J connectivity index is 1.70. The van der Waals surface area contributed by atoms with Crippen molar-refractivity contribution in [3.63, 3.8) is 0 Å². The summed E-state index contributed by atoms with van der Waals surface area (Å²) in [6.07, 6.45) is 1.07. The van der Waals surface area contributed by atoms with Crippen LogP contribution in [0.4, 0.5) is 14.5 Å². The third-order valence-electron chi connectivity index (χ3n) is 4.03. The molecule has 0 saturated carbocycles. The van der Waals surface area contributed by atoms with Crippen LogP contribution in [0, 0.1) is 11.6 Å². The minimum atomic E-state index is -0.944. The average molecular weight is 357 g/mol. The predicted molar refractivity (Wildman–Crippen MR) is 91.2 cm³/mol. The Kier molecular flexibility index (Phi) is 3.93. The number of anilines is 1. The van der Waals surface area contributed by atoms with E-state index in [0.29, 0.717) is 23.5 Å². The van der Waals surface area contributed by atoms with Crippen molar-refractivity contribution in [2.45, 2.75) is 12.7 Å². The van der Waals surface area contributed by atoms with E-state index in [-0.39, 0.29) is 5.91 Å². The van der Waals surface area contributed by atoms with Gasteiger partial charge in [0.15, 0.2) is 11.6 Å². The van der Waals surface area contributed by atoms with Gasteiger partial charge in [-0.2, -0.15) is 0 Å². The molecule has 0 spiro atoms. The smallest absolute Gasteiger partial charge is 0.258 e. The fourth-order valence-electron chi connectivity index (χ4n) is 2.86. The second-order valence-electron chi connectivity index (χ2n) is 5.62. The summed E-state index contributed by atoms with van der Waals surface area (Å²) >= 11 is 1.55. The number of fused-ring (bicyclic) bond motifs is 1. The summed E-state index contributed by atoms with van der Waals surface area (Å²) < 4.78 is 26.7. The van der Waals surface area contributed by atoms with Crippen LogP contribution in [-0.4, -0.2) is 15.8 Å². The highest BCUT2D eigenvalue weighted by atomic mass is 32.1. The third kappa shape index (κ3) is 2.87. The molecule has 126 valence electrons. The second kappa shape index (κ2) is 6.25. The van der Waals surface area contributed by atoms with Crippen molar-refractivity contribution >= 4 is 22.9 Å².